The second-order valence-electron chi connectivity index (χ2n) is 3.78. The van der Waals surface area contributed by atoms with Crippen LogP contribution in [0.15, 0.2) is 26.7 Å². The molecule has 17 heavy (non-hydrogen) atoms. The number of benzene rings is 1. The van der Waals surface area contributed by atoms with Gasteiger partial charge in [0.15, 0.2) is 0 Å². The molecule has 0 spiro atoms. The largest absolute Gasteiger partial charge is 0.492 e. The summed E-state index contributed by atoms with van der Waals surface area (Å²) in [6, 6.07) is 4.08. The topological polar surface area (TPSA) is 9.23 Å². The number of alkyl halides is 1. The SMILES string of the molecule is CCCOc1c(Br)cc(Br)cc1C=C(C)CBr. The molecule has 0 heterocycles. The molecular weight excluding hydrogens is 412 g/mol. The van der Waals surface area contributed by atoms with Gasteiger partial charge in [-0.25, -0.2) is 0 Å². The van der Waals surface area contributed by atoms with E-state index in [-0.39, 0.29) is 0 Å². The van der Waals surface area contributed by atoms with Crippen LogP contribution in [0.3, 0.4) is 0 Å². The minimum Gasteiger partial charge on any atom is -0.492 e. The molecule has 0 amide bonds. The molecule has 1 aromatic rings. The van der Waals surface area contributed by atoms with E-state index in [2.05, 4.69) is 73.8 Å². The number of allylic oxidation sites excluding steroid dienone is 1. The molecule has 0 radical (unpaired) electrons. The summed E-state index contributed by atoms with van der Waals surface area (Å²) < 4.78 is 7.81. The van der Waals surface area contributed by atoms with Gasteiger partial charge in [-0.15, -0.1) is 0 Å². The van der Waals surface area contributed by atoms with Crippen LogP contribution in [0.2, 0.25) is 0 Å². The Morgan fingerprint density at radius 3 is 2.65 bits per heavy atom. The Kier molecular flexibility index (Phi) is 6.82. The van der Waals surface area contributed by atoms with Crippen LogP contribution < -0.4 is 4.74 Å². The van der Waals surface area contributed by atoms with Crippen molar-refractivity contribution >= 4 is 53.9 Å². The van der Waals surface area contributed by atoms with Gasteiger partial charge in [0, 0.05) is 15.4 Å². The predicted molar refractivity (Wildman–Crippen MR) is 85.1 cm³/mol. The molecule has 1 rings (SSSR count). The van der Waals surface area contributed by atoms with E-state index >= 15 is 0 Å². The highest BCUT2D eigenvalue weighted by Gasteiger charge is 2.08. The van der Waals surface area contributed by atoms with Gasteiger partial charge >= 0.3 is 0 Å². The lowest BCUT2D eigenvalue weighted by atomic mass is 10.1. The van der Waals surface area contributed by atoms with Gasteiger partial charge in [0.25, 0.3) is 0 Å². The van der Waals surface area contributed by atoms with Gasteiger partial charge in [-0.3, -0.25) is 0 Å². The molecule has 0 atom stereocenters. The van der Waals surface area contributed by atoms with Crippen molar-refractivity contribution in [1.29, 1.82) is 0 Å². The molecule has 0 aliphatic carbocycles. The van der Waals surface area contributed by atoms with Crippen molar-refractivity contribution in [2.75, 3.05) is 11.9 Å². The third-order valence-electron chi connectivity index (χ3n) is 2.10. The number of hydrogen-bond acceptors (Lipinski definition) is 1. The number of ether oxygens (including phenoxy) is 1. The lowest BCUT2D eigenvalue weighted by Crippen LogP contribution is -1.98. The molecule has 0 saturated carbocycles. The van der Waals surface area contributed by atoms with E-state index in [4.69, 9.17) is 4.74 Å². The summed E-state index contributed by atoms with van der Waals surface area (Å²) in [5.41, 5.74) is 2.35. The Hall–Kier alpha value is 0.200. The maximum Gasteiger partial charge on any atom is 0.140 e. The normalized spacial score (nSPS) is 11.7. The van der Waals surface area contributed by atoms with Crippen LogP contribution in [0.4, 0.5) is 0 Å². The van der Waals surface area contributed by atoms with Gasteiger partial charge in [-0.2, -0.15) is 0 Å². The molecule has 0 saturated heterocycles. The van der Waals surface area contributed by atoms with Crippen molar-refractivity contribution in [2.45, 2.75) is 20.3 Å². The van der Waals surface area contributed by atoms with Crippen LogP contribution in [0, 0.1) is 0 Å². The molecular formula is C13H15Br3O. The minimum absolute atomic E-state index is 0.731. The number of halogens is 3. The second-order valence-corrected chi connectivity index (χ2v) is 6.11. The highest BCUT2D eigenvalue weighted by molar-refractivity contribution is 9.11. The molecule has 0 unspecified atom stereocenters. The van der Waals surface area contributed by atoms with E-state index in [1.54, 1.807) is 0 Å². The van der Waals surface area contributed by atoms with Gasteiger partial charge in [0.1, 0.15) is 5.75 Å². The highest BCUT2D eigenvalue weighted by atomic mass is 79.9. The van der Waals surface area contributed by atoms with Crippen molar-refractivity contribution in [3.05, 3.63) is 32.2 Å². The first-order valence-corrected chi connectivity index (χ1v) is 8.14. The van der Waals surface area contributed by atoms with Gasteiger partial charge in [0.05, 0.1) is 11.1 Å². The Morgan fingerprint density at radius 1 is 1.35 bits per heavy atom. The van der Waals surface area contributed by atoms with Gasteiger partial charge in [-0.1, -0.05) is 50.4 Å². The summed E-state index contributed by atoms with van der Waals surface area (Å²) in [5.74, 6) is 0.912. The van der Waals surface area contributed by atoms with Crippen molar-refractivity contribution < 1.29 is 4.74 Å². The first-order valence-electron chi connectivity index (χ1n) is 5.43. The number of rotatable bonds is 5. The molecule has 1 nitrogen and oxygen atoms in total. The van der Waals surface area contributed by atoms with Crippen molar-refractivity contribution in [2.24, 2.45) is 0 Å². The first kappa shape index (κ1) is 15.3. The summed E-state index contributed by atoms with van der Waals surface area (Å²) in [6.45, 7) is 4.92. The second kappa shape index (κ2) is 7.59. The van der Waals surface area contributed by atoms with Crippen LogP contribution in [-0.2, 0) is 0 Å². The molecule has 0 fully saturated rings. The third-order valence-corrected chi connectivity index (χ3v) is 4.03. The number of hydrogen-bond donors (Lipinski definition) is 0. The fourth-order valence-electron chi connectivity index (χ4n) is 1.35. The monoisotopic (exact) mass is 424 g/mol. The van der Waals surface area contributed by atoms with Crippen LogP contribution >= 0.6 is 47.8 Å². The third kappa shape index (κ3) is 4.76. The van der Waals surface area contributed by atoms with Crippen molar-refractivity contribution in [1.82, 2.24) is 0 Å². The first-order chi connectivity index (χ1) is 8.08. The maximum atomic E-state index is 5.79. The lowest BCUT2D eigenvalue weighted by Gasteiger charge is -2.12. The molecule has 4 heteroatoms. The van der Waals surface area contributed by atoms with E-state index in [9.17, 15) is 0 Å². The van der Waals surface area contributed by atoms with E-state index in [0.717, 1.165) is 38.6 Å². The van der Waals surface area contributed by atoms with Crippen LogP contribution in [-0.4, -0.2) is 11.9 Å². The van der Waals surface area contributed by atoms with Crippen LogP contribution in [0.1, 0.15) is 25.8 Å². The Morgan fingerprint density at radius 2 is 2.06 bits per heavy atom. The zero-order valence-electron chi connectivity index (χ0n) is 9.90. The van der Waals surface area contributed by atoms with Crippen LogP contribution in [0.25, 0.3) is 6.08 Å². The van der Waals surface area contributed by atoms with Gasteiger partial charge in [-0.05, 0) is 41.4 Å². The lowest BCUT2D eigenvalue weighted by molar-refractivity contribution is 0.315. The minimum atomic E-state index is 0.731. The summed E-state index contributed by atoms with van der Waals surface area (Å²) in [5, 5.41) is 0.865. The van der Waals surface area contributed by atoms with E-state index in [0.29, 0.717) is 0 Å². The standard InChI is InChI=1S/C13H15Br3O/c1-3-4-17-13-10(5-9(2)8-14)6-11(15)7-12(13)16/h5-7H,3-4,8H2,1-2H3. The summed E-state index contributed by atoms with van der Waals surface area (Å²) in [6.07, 6.45) is 3.14. The summed E-state index contributed by atoms with van der Waals surface area (Å²) >= 11 is 10.5. The maximum absolute atomic E-state index is 5.79. The van der Waals surface area contributed by atoms with Gasteiger partial charge < -0.3 is 4.74 Å². The Balaban J connectivity index is 3.15. The van der Waals surface area contributed by atoms with Gasteiger partial charge in [0.2, 0.25) is 0 Å². The highest BCUT2D eigenvalue weighted by Crippen LogP contribution is 2.34. The zero-order chi connectivity index (χ0) is 12.8. The van der Waals surface area contributed by atoms with E-state index < -0.39 is 0 Å². The molecule has 0 N–H and O–H groups in total. The zero-order valence-corrected chi connectivity index (χ0v) is 14.7. The fraction of sp³-hybridized carbons (Fsp3) is 0.385. The van der Waals surface area contributed by atoms with Crippen molar-refractivity contribution in [3.8, 4) is 5.75 Å². The molecule has 1 aromatic carbocycles. The molecule has 0 bridgehead atoms. The summed E-state index contributed by atoms with van der Waals surface area (Å²) in [4.78, 5) is 0. The average molecular weight is 427 g/mol. The molecule has 0 aromatic heterocycles. The molecule has 94 valence electrons. The molecule has 0 aliphatic rings. The van der Waals surface area contributed by atoms with Crippen molar-refractivity contribution in [3.63, 3.8) is 0 Å². The Labute approximate surface area is 128 Å². The predicted octanol–water partition coefficient (Wildman–Crippen LogP) is 5.80. The fourth-order valence-corrected chi connectivity index (χ4v) is 2.88. The Bertz CT molecular complexity index is 413. The summed E-state index contributed by atoms with van der Waals surface area (Å²) in [7, 11) is 0. The average Bonchev–Trinajstić information content (AvgIpc) is 2.27. The van der Waals surface area contributed by atoms with Crippen LogP contribution in [0.5, 0.6) is 5.75 Å². The smallest absolute Gasteiger partial charge is 0.140 e. The van der Waals surface area contributed by atoms with E-state index in [1.807, 2.05) is 6.07 Å². The molecule has 0 aliphatic heterocycles. The quantitative estimate of drug-likeness (QED) is 0.541. The van der Waals surface area contributed by atoms with E-state index in [1.165, 1.54) is 5.57 Å².